The molecule has 2 amide bonds. The molecule has 0 radical (unpaired) electrons. The lowest BCUT2D eigenvalue weighted by molar-refractivity contribution is -0.347. The van der Waals surface area contributed by atoms with Gasteiger partial charge in [0.05, 0.1) is 0 Å². The van der Waals surface area contributed by atoms with Crippen molar-refractivity contribution in [2.45, 2.75) is 75.1 Å². The molecule has 0 aromatic rings. The predicted octanol–water partition coefficient (Wildman–Crippen LogP) is 2.87. The molecular formula is C18H28F8N2O4. The van der Waals surface area contributed by atoms with Crippen LogP contribution in [0.15, 0.2) is 0 Å². The average molecular weight is 488 g/mol. The Labute approximate surface area is 179 Å². The summed E-state index contributed by atoms with van der Waals surface area (Å²) in [6.07, 6.45) is 2.09. The molecule has 32 heavy (non-hydrogen) atoms. The summed E-state index contributed by atoms with van der Waals surface area (Å²) in [5.41, 5.74) is 0. The minimum absolute atomic E-state index is 0.0132. The molecule has 0 spiro atoms. The first-order valence-corrected chi connectivity index (χ1v) is 10.0. The van der Waals surface area contributed by atoms with E-state index in [1.807, 2.05) is 0 Å². The van der Waals surface area contributed by atoms with Crippen molar-refractivity contribution in [1.82, 2.24) is 10.6 Å². The molecule has 0 rings (SSSR count). The van der Waals surface area contributed by atoms with Crippen molar-refractivity contribution in [2.24, 2.45) is 0 Å². The van der Waals surface area contributed by atoms with Crippen LogP contribution in [-0.2, 0) is 9.59 Å². The van der Waals surface area contributed by atoms with Gasteiger partial charge < -0.3 is 20.8 Å². The van der Waals surface area contributed by atoms with Gasteiger partial charge >= 0.3 is 23.7 Å². The summed E-state index contributed by atoms with van der Waals surface area (Å²) >= 11 is 0. The second-order valence-electron chi connectivity index (χ2n) is 7.09. The molecular weight excluding hydrogens is 460 g/mol. The fourth-order valence-corrected chi connectivity index (χ4v) is 2.49. The molecule has 0 aliphatic carbocycles. The Morgan fingerprint density at radius 2 is 0.812 bits per heavy atom. The minimum Gasteiger partial charge on any atom is -0.396 e. The minimum atomic E-state index is -6.89. The number of unbranched alkanes of at least 4 members (excludes halogenated alkanes) is 6. The molecule has 0 unspecified atom stereocenters. The highest BCUT2D eigenvalue weighted by Crippen LogP contribution is 2.52. The Balaban J connectivity index is 5.11. The van der Waals surface area contributed by atoms with E-state index in [-0.39, 0.29) is 38.9 Å². The molecule has 0 aromatic carbocycles. The SMILES string of the molecule is O=C(NCCCCCCO)C(F)(F)C(F)(F)C(F)(F)C(F)(F)C(=O)NCCCCCCO. The van der Waals surface area contributed by atoms with Gasteiger partial charge in [-0.2, -0.15) is 35.1 Å². The van der Waals surface area contributed by atoms with Crippen LogP contribution < -0.4 is 10.6 Å². The summed E-state index contributed by atoms with van der Waals surface area (Å²) in [5.74, 6) is -32.0. The Hall–Kier alpha value is -1.70. The molecule has 0 atom stereocenters. The number of amides is 2. The lowest BCUT2D eigenvalue weighted by atomic mass is 9.97. The third kappa shape index (κ3) is 7.42. The number of carbonyl (C=O) groups is 2. The molecule has 0 heterocycles. The highest BCUT2D eigenvalue weighted by Gasteiger charge is 2.84. The number of hydrogen-bond donors (Lipinski definition) is 4. The van der Waals surface area contributed by atoms with Gasteiger partial charge in [0.25, 0.3) is 11.8 Å². The van der Waals surface area contributed by atoms with Gasteiger partial charge in [-0.3, -0.25) is 9.59 Å². The average Bonchev–Trinajstić information content (AvgIpc) is 2.72. The van der Waals surface area contributed by atoms with Crippen molar-refractivity contribution in [3.8, 4) is 0 Å². The standard InChI is InChI=1S/C18H28F8N2O4/c19-15(20,13(31)27-9-5-1-3-7-11-29)17(23,24)18(25,26)16(21,22)14(32)28-10-6-2-4-8-12-30/h29-30H,1-12H2,(H,27,31)(H,28,32). The molecule has 4 N–H and O–H groups in total. The topological polar surface area (TPSA) is 98.7 Å². The number of alkyl halides is 8. The van der Waals surface area contributed by atoms with Crippen molar-refractivity contribution >= 4 is 11.8 Å². The fraction of sp³-hybridized carbons (Fsp3) is 0.889. The Morgan fingerprint density at radius 1 is 0.531 bits per heavy atom. The summed E-state index contributed by atoms with van der Waals surface area (Å²) in [6.45, 7) is -1.54. The van der Waals surface area contributed by atoms with Crippen molar-refractivity contribution in [1.29, 1.82) is 0 Å². The monoisotopic (exact) mass is 488 g/mol. The van der Waals surface area contributed by atoms with Crippen LogP contribution in [0.2, 0.25) is 0 Å². The zero-order valence-electron chi connectivity index (χ0n) is 17.2. The maximum absolute atomic E-state index is 13.8. The lowest BCUT2D eigenvalue weighted by Crippen LogP contribution is -2.69. The maximum atomic E-state index is 13.8. The van der Waals surface area contributed by atoms with E-state index in [2.05, 4.69) is 0 Å². The van der Waals surface area contributed by atoms with E-state index < -0.39 is 48.6 Å². The molecule has 0 saturated carbocycles. The molecule has 190 valence electrons. The number of halogens is 8. The largest absolute Gasteiger partial charge is 0.396 e. The van der Waals surface area contributed by atoms with Crippen LogP contribution in [-0.4, -0.2) is 72.0 Å². The van der Waals surface area contributed by atoms with Crippen LogP contribution in [0.1, 0.15) is 51.4 Å². The van der Waals surface area contributed by atoms with E-state index in [0.717, 1.165) is 0 Å². The zero-order valence-corrected chi connectivity index (χ0v) is 17.2. The van der Waals surface area contributed by atoms with Gasteiger partial charge in [0.1, 0.15) is 0 Å². The van der Waals surface area contributed by atoms with Gasteiger partial charge in [0.2, 0.25) is 0 Å². The molecule has 0 aliphatic heterocycles. The van der Waals surface area contributed by atoms with Crippen molar-refractivity contribution < 1.29 is 54.9 Å². The summed E-state index contributed by atoms with van der Waals surface area (Å²) in [5, 5.41) is 19.7. The van der Waals surface area contributed by atoms with Crippen LogP contribution in [0.3, 0.4) is 0 Å². The third-order valence-corrected chi connectivity index (χ3v) is 4.49. The molecule has 0 fully saturated rings. The van der Waals surface area contributed by atoms with Crippen molar-refractivity contribution in [3.05, 3.63) is 0 Å². The predicted molar refractivity (Wildman–Crippen MR) is 96.9 cm³/mol. The van der Waals surface area contributed by atoms with Crippen LogP contribution >= 0.6 is 0 Å². The highest BCUT2D eigenvalue weighted by molar-refractivity contribution is 5.87. The summed E-state index contributed by atoms with van der Waals surface area (Å²) < 4.78 is 110. The van der Waals surface area contributed by atoms with E-state index in [4.69, 9.17) is 10.2 Å². The Bertz CT molecular complexity index is 541. The van der Waals surface area contributed by atoms with Gasteiger partial charge in [-0.1, -0.05) is 25.7 Å². The van der Waals surface area contributed by atoms with Crippen LogP contribution in [0.25, 0.3) is 0 Å². The van der Waals surface area contributed by atoms with Gasteiger partial charge in [0.15, 0.2) is 0 Å². The normalized spacial score (nSPS) is 13.2. The second kappa shape index (κ2) is 13.1. The van der Waals surface area contributed by atoms with Crippen molar-refractivity contribution in [3.63, 3.8) is 0 Å². The van der Waals surface area contributed by atoms with E-state index in [0.29, 0.717) is 25.7 Å². The third-order valence-electron chi connectivity index (χ3n) is 4.49. The molecule has 0 bridgehead atoms. The summed E-state index contributed by atoms with van der Waals surface area (Å²) in [6, 6.07) is 0. The van der Waals surface area contributed by atoms with E-state index in [1.165, 1.54) is 10.6 Å². The highest BCUT2D eigenvalue weighted by atomic mass is 19.4. The Morgan fingerprint density at radius 3 is 1.09 bits per heavy atom. The number of hydrogen-bond acceptors (Lipinski definition) is 4. The first-order valence-electron chi connectivity index (χ1n) is 10.0. The van der Waals surface area contributed by atoms with Crippen LogP contribution in [0.4, 0.5) is 35.1 Å². The van der Waals surface area contributed by atoms with Gasteiger partial charge in [-0.15, -0.1) is 0 Å². The summed E-state index contributed by atoms with van der Waals surface area (Å²) in [7, 11) is 0. The number of nitrogens with one attached hydrogen (secondary N) is 2. The molecule has 14 heteroatoms. The number of aliphatic hydroxyl groups excluding tert-OH is 2. The van der Waals surface area contributed by atoms with Gasteiger partial charge in [0, 0.05) is 26.3 Å². The van der Waals surface area contributed by atoms with Crippen molar-refractivity contribution in [2.75, 3.05) is 26.3 Å². The zero-order chi connectivity index (χ0) is 25.1. The maximum Gasteiger partial charge on any atom is 0.392 e. The molecule has 6 nitrogen and oxygen atoms in total. The van der Waals surface area contributed by atoms with E-state index in [1.54, 1.807) is 0 Å². The van der Waals surface area contributed by atoms with E-state index in [9.17, 15) is 44.7 Å². The smallest absolute Gasteiger partial charge is 0.392 e. The van der Waals surface area contributed by atoms with Gasteiger partial charge in [-0.05, 0) is 25.7 Å². The molecule has 0 aliphatic rings. The first kappa shape index (κ1) is 30.3. The Kier molecular flexibility index (Phi) is 12.4. The molecule has 0 aromatic heterocycles. The summed E-state index contributed by atoms with van der Waals surface area (Å²) in [4.78, 5) is 22.7. The number of carbonyl (C=O) groups excluding carboxylic acids is 2. The van der Waals surface area contributed by atoms with E-state index >= 15 is 0 Å². The van der Waals surface area contributed by atoms with Crippen LogP contribution in [0, 0.1) is 0 Å². The lowest BCUT2D eigenvalue weighted by Gasteiger charge is -2.35. The fourth-order valence-electron chi connectivity index (χ4n) is 2.49. The number of aliphatic hydroxyl groups is 2. The van der Waals surface area contributed by atoms with Crippen LogP contribution in [0.5, 0.6) is 0 Å². The quantitative estimate of drug-likeness (QED) is 0.187. The van der Waals surface area contributed by atoms with Gasteiger partial charge in [-0.25, -0.2) is 0 Å². The molecule has 0 saturated heterocycles. The first-order chi connectivity index (χ1) is 14.7. The second-order valence-corrected chi connectivity index (χ2v) is 7.09. The number of rotatable bonds is 17.